The van der Waals surface area contributed by atoms with Crippen molar-refractivity contribution in [2.75, 3.05) is 26.7 Å². The highest BCUT2D eigenvalue weighted by molar-refractivity contribution is 5.85. The maximum absolute atomic E-state index is 12.7. The summed E-state index contributed by atoms with van der Waals surface area (Å²) in [5, 5.41) is 6.39. The van der Waals surface area contributed by atoms with Crippen LogP contribution in [0.4, 0.5) is 0 Å². The average molecular weight is 341 g/mol. The van der Waals surface area contributed by atoms with Crippen molar-refractivity contribution >= 4 is 18.3 Å². The van der Waals surface area contributed by atoms with Gasteiger partial charge in [0.2, 0.25) is 0 Å². The van der Waals surface area contributed by atoms with Crippen LogP contribution in [0.2, 0.25) is 0 Å². The number of rotatable bonds is 5. The molecule has 1 saturated heterocycles. The summed E-state index contributed by atoms with van der Waals surface area (Å²) in [5.74, 6) is 0.0122. The molecule has 130 valence electrons. The topological polar surface area (TPSA) is 50.4 Å². The summed E-state index contributed by atoms with van der Waals surface area (Å²) in [6.45, 7) is 8.69. The highest BCUT2D eigenvalue weighted by atomic mass is 35.5. The first-order valence-corrected chi connectivity index (χ1v) is 8.02. The number of halogens is 1. The fourth-order valence-corrected chi connectivity index (χ4v) is 3.24. The second-order valence-electron chi connectivity index (χ2n) is 6.83. The summed E-state index contributed by atoms with van der Waals surface area (Å²) in [4.78, 5) is 12.7. The third kappa shape index (κ3) is 4.46. The summed E-state index contributed by atoms with van der Waals surface area (Å²) in [7, 11) is 1.64. The van der Waals surface area contributed by atoms with E-state index in [9.17, 15) is 4.79 Å². The summed E-state index contributed by atoms with van der Waals surface area (Å²) >= 11 is 0. The number of ether oxygens (including phenoxy) is 1. The Labute approximate surface area is 145 Å². The van der Waals surface area contributed by atoms with Gasteiger partial charge in [0.15, 0.2) is 0 Å². The minimum absolute atomic E-state index is 0. The average Bonchev–Trinajstić information content (AvgIpc) is 2.53. The number of carbonyl (C=O) groups excluding carboxylic acids is 1. The molecule has 1 heterocycles. The third-order valence-electron chi connectivity index (χ3n) is 4.78. The molecule has 1 aromatic carbocycles. The van der Waals surface area contributed by atoms with E-state index in [1.165, 1.54) is 11.1 Å². The van der Waals surface area contributed by atoms with E-state index >= 15 is 0 Å². The molecule has 0 saturated carbocycles. The first-order valence-electron chi connectivity index (χ1n) is 8.02. The fraction of sp³-hybridized carbons (Fsp3) is 0.611. The predicted molar refractivity (Wildman–Crippen MR) is 96.3 cm³/mol. The standard InChI is InChI=1S/C18H28N2O2.ClH/c1-14-7-5-6-8-15(14)17(2,3)13-20-16(21)18(22-4)9-11-19-12-10-18;/h5-8,19H,9-13H2,1-4H3,(H,20,21);1H. The number of nitrogens with one attached hydrogen (secondary N) is 2. The van der Waals surface area contributed by atoms with Gasteiger partial charge in [-0.3, -0.25) is 4.79 Å². The molecule has 2 N–H and O–H groups in total. The zero-order valence-corrected chi connectivity index (χ0v) is 15.4. The zero-order valence-electron chi connectivity index (χ0n) is 14.6. The van der Waals surface area contributed by atoms with E-state index in [1.807, 2.05) is 6.07 Å². The summed E-state index contributed by atoms with van der Waals surface area (Å²) < 4.78 is 5.58. The number of amides is 1. The van der Waals surface area contributed by atoms with Gasteiger partial charge in [-0.25, -0.2) is 0 Å². The Kier molecular flexibility index (Phi) is 7.05. The van der Waals surface area contributed by atoms with Crippen LogP contribution in [0.1, 0.15) is 37.8 Å². The molecule has 0 atom stereocenters. The number of hydrogen-bond acceptors (Lipinski definition) is 3. The molecular weight excluding hydrogens is 312 g/mol. The highest BCUT2D eigenvalue weighted by Gasteiger charge is 2.40. The van der Waals surface area contributed by atoms with Crippen LogP contribution in [-0.2, 0) is 14.9 Å². The van der Waals surface area contributed by atoms with Crippen molar-refractivity contribution in [1.29, 1.82) is 0 Å². The van der Waals surface area contributed by atoms with Crippen LogP contribution < -0.4 is 10.6 Å². The lowest BCUT2D eigenvalue weighted by atomic mass is 9.81. The lowest BCUT2D eigenvalue weighted by Crippen LogP contribution is -2.55. The third-order valence-corrected chi connectivity index (χ3v) is 4.78. The fourth-order valence-electron chi connectivity index (χ4n) is 3.24. The van der Waals surface area contributed by atoms with Crippen LogP contribution in [0, 0.1) is 6.92 Å². The van der Waals surface area contributed by atoms with Gasteiger partial charge in [-0.1, -0.05) is 38.1 Å². The number of piperidine rings is 1. The molecule has 0 radical (unpaired) electrons. The van der Waals surface area contributed by atoms with E-state index < -0.39 is 5.60 Å². The highest BCUT2D eigenvalue weighted by Crippen LogP contribution is 2.27. The van der Waals surface area contributed by atoms with Crippen molar-refractivity contribution in [3.63, 3.8) is 0 Å². The van der Waals surface area contributed by atoms with Crippen LogP contribution in [0.25, 0.3) is 0 Å². The molecule has 2 rings (SSSR count). The van der Waals surface area contributed by atoms with E-state index in [2.05, 4.69) is 49.6 Å². The molecule has 1 amide bonds. The van der Waals surface area contributed by atoms with E-state index in [1.54, 1.807) is 7.11 Å². The van der Waals surface area contributed by atoms with Gasteiger partial charge in [0.05, 0.1) is 0 Å². The SMILES string of the molecule is COC1(C(=O)NCC(C)(C)c2ccccc2C)CCNCC1.Cl. The molecule has 0 aliphatic carbocycles. The lowest BCUT2D eigenvalue weighted by Gasteiger charge is -2.36. The monoisotopic (exact) mass is 340 g/mol. The normalized spacial score (nSPS) is 17.2. The second-order valence-corrected chi connectivity index (χ2v) is 6.83. The molecule has 1 aliphatic heterocycles. The minimum Gasteiger partial charge on any atom is -0.368 e. The van der Waals surface area contributed by atoms with Gasteiger partial charge < -0.3 is 15.4 Å². The molecule has 5 heteroatoms. The van der Waals surface area contributed by atoms with Gasteiger partial charge in [-0.05, 0) is 44.0 Å². The summed E-state index contributed by atoms with van der Waals surface area (Å²) in [6, 6.07) is 8.35. The van der Waals surface area contributed by atoms with Crippen molar-refractivity contribution in [2.24, 2.45) is 0 Å². The molecule has 0 aromatic heterocycles. The smallest absolute Gasteiger partial charge is 0.252 e. The van der Waals surface area contributed by atoms with Crippen molar-refractivity contribution < 1.29 is 9.53 Å². The quantitative estimate of drug-likeness (QED) is 0.866. The number of benzene rings is 1. The maximum atomic E-state index is 12.7. The van der Waals surface area contributed by atoms with E-state index in [-0.39, 0.29) is 23.7 Å². The van der Waals surface area contributed by atoms with Gasteiger partial charge >= 0.3 is 0 Å². The number of methoxy groups -OCH3 is 1. The minimum atomic E-state index is -0.674. The molecule has 23 heavy (non-hydrogen) atoms. The van der Waals surface area contributed by atoms with E-state index in [4.69, 9.17) is 4.74 Å². The first-order chi connectivity index (χ1) is 10.4. The molecule has 1 fully saturated rings. The lowest BCUT2D eigenvalue weighted by molar-refractivity contribution is -0.146. The summed E-state index contributed by atoms with van der Waals surface area (Å²) in [6.07, 6.45) is 1.44. The summed E-state index contributed by atoms with van der Waals surface area (Å²) in [5.41, 5.74) is 1.74. The second kappa shape index (κ2) is 8.13. The van der Waals surface area contributed by atoms with Crippen molar-refractivity contribution in [2.45, 2.75) is 44.6 Å². The van der Waals surface area contributed by atoms with Crippen LogP contribution in [-0.4, -0.2) is 38.3 Å². The van der Waals surface area contributed by atoms with Crippen molar-refractivity contribution in [3.05, 3.63) is 35.4 Å². The van der Waals surface area contributed by atoms with Crippen molar-refractivity contribution in [3.8, 4) is 0 Å². The Hall–Kier alpha value is -1.10. The van der Waals surface area contributed by atoms with Gasteiger partial charge in [0.1, 0.15) is 5.60 Å². The van der Waals surface area contributed by atoms with Gasteiger partial charge in [0.25, 0.3) is 5.91 Å². The number of carbonyl (C=O) groups is 1. The zero-order chi connectivity index (χ0) is 16.2. The molecule has 0 unspecified atom stereocenters. The maximum Gasteiger partial charge on any atom is 0.252 e. The molecular formula is C18H29ClN2O2. The molecule has 0 bridgehead atoms. The van der Waals surface area contributed by atoms with Crippen LogP contribution >= 0.6 is 12.4 Å². The molecule has 4 nitrogen and oxygen atoms in total. The van der Waals surface area contributed by atoms with Crippen molar-refractivity contribution in [1.82, 2.24) is 10.6 Å². The van der Waals surface area contributed by atoms with Gasteiger partial charge in [-0.2, -0.15) is 0 Å². The van der Waals surface area contributed by atoms with Crippen LogP contribution in [0.3, 0.4) is 0 Å². The largest absolute Gasteiger partial charge is 0.368 e. The first kappa shape index (κ1) is 19.9. The van der Waals surface area contributed by atoms with E-state index in [0.717, 1.165) is 25.9 Å². The number of hydrogen-bond donors (Lipinski definition) is 2. The van der Waals surface area contributed by atoms with Gasteiger partial charge in [-0.15, -0.1) is 12.4 Å². The van der Waals surface area contributed by atoms with Crippen LogP contribution in [0.5, 0.6) is 0 Å². The Bertz CT molecular complexity index is 526. The Balaban J connectivity index is 0.00000264. The molecule has 0 spiro atoms. The Morgan fingerprint density at radius 1 is 1.30 bits per heavy atom. The van der Waals surface area contributed by atoms with Crippen LogP contribution in [0.15, 0.2) is 24.3 Å². The Morgan fingerprint density at radius 2 is 1.91 bits per heavy atom. The molecule has 1 aliphatic rings. The van der Waals surface area contributed by atoms with E-state index in [0.29, 0.717) is 6.54 Å². The number of aryl methyl sites for hydroxylation is 1. The predicted octanol–water partition coefficient (Wildman–Crippen LogP) is 2.58. The van der Waals surface area contributed by atoms with Gasteiger partial charge in [0, 0.05) is 19.1 Å². The Morgan fingerprint density at radius 3 is 2.48 bits per heavy atom. The molecule has 1 aromatic rings.